The highest BCUT2D eigenvalue weighted by molar-refractivity contribution is 7.07. The molecule has 0 spiro atoms. The number of nitrogens with one attached hydrogen (secondary N) is 2. The number of aromatic nitrogens is 1. The van der Waals surface area contributed by atoms with E-state index in [1.807, 2.05) is 0 Å². The van der Waals surface area contributed by atoms with Gasteiger partial charge in [0.2, 0.25) is 6.41 Å². The molecule has 0 saturated carbocycles. The molecule has 1 rings (SSSR count). The van der Waals surface area contributed by atoms with Crippen LogP contribution in [0.5, 0.6) is 0 Å². The molecule has 0 aromatic carbocycles. The molecule has 0 fully saturated rings. The molecule has 0 unspecified atom stereocenters. The van der Waals surface area contributed by atoms with E-state index in [1.165, 1.54) is 11.3 Å². The minimum atomic E-state index is -0.169. The molecule has 0 atom stereocenters. The van der Waals surface area contributed by atoms with Crippen LogP contribution in [0.1, 0.15) is 16.9 Å². The Kier molecular flexibility index (Phi) is 4.63. The van der Waals surface area contributed by atoms with Gasteiger partial charge in [0.05, 0.1) is 5.51 Å². The number of amides is 2. The van der Waals surface area contributed by atoms with Gasteiger partial charge in [0, 0.05) is 18.5 Å². The summed E-state index contributed by atoms with van der Waals surface area (Å²) in [5.74, 6) is -0.169. The lowest BCUT2D eigenvalue weighted by Crippen LogP contribution is -2.27. The first-order valence-electron chi connectivity index (χ1n) is 4.18. The Morgan fingerprint density at radius 1 is 1.57 bits per heavy atom. The zero-order valence-corrected chi connectivity index (χ0v) is 8.34. The monoisotopic (exact) mass is 213 g/mol. The van der Waals surface area contributed by atoms with E-state index in [1.54, 1.807) is 10.9 Å². The zero-order chi connectivity index (χ0) is 10.2. The van der Waals surface area contributed by atoms with E-state index in [0.29, 0.717) is 31.6 Å². The van der Waals surface area contributed by atoms with Crippen molar-refractivity contribution in [3.63, 3.8) is 0 Å². The summed E-state index contributed by atoms with van der Waals surface area (Å²) in [5.41, 5.74) is 2.06. The molecule has 0 aliphatic rings. The zero-order valence-electron chi connectivity index (χ0n) is 7.53. The number of carbonyl (C=O) groups is 2. The molecule has 14 heavy (non-hydrogen) atoms. The van der Waals surface area contributed by atoms with Gasteiger partial charge in [0.15, 0.2) is 0 Å². The van der Waals surface area contributed by atoms with Crippen LogP contribution in [0, 0.1) is 0 Å². The molecule has 6 heteroatoms. The molecule has 2 N–H and O–H groups in total. The third-order valence-corrected chi connectivity index (χ3v) is 2.12. The SMILES string of the molecule is O=CNCCCNC(=O)c1cscn1. The topological polar surface area (TPSA) is 71.1 Å². The van der Waals surface area contributed by atoms with Gasteiger partial charge in [-0.2, -0.15) is 0 Å². The first-order chi connectivity index (χ1) is 6.84. The van der Waals surface area contributed by atoms with E-state index in [0.717, 1.165) is 0 Å². The van der Waals surface area contributed by atoms with Gasteiger partial charge in [-0.1, -0.05) is 0 Å². The van der Waals surface area contributed by atoms with Crippen molar-refractivity contribution < 1.29 is 9.59 Å². The van der Waals surface area contributed by atoms with Crippen molar-refractivity contribution >= 4 is 23.7 Å². The molecule has 76 valence electrons. The van der Waals surface area contributed by atoms with Gasteiger partial charge in [0.1, 0.15) is 5.69 Å². The summed E-state index contributed by atoms with van der Waals surface area (Å²) in [4.78, 5) is 25.0. The maximum absolute atomic E-state index is 11.3. The Balaban J connectivity index is 2.13. The van der Waals surface area contributed by atoms with E-state index in [-0.39, 0.29) is 5.91 Å². The first-order valence-corrected chi connectivity index (χ1v) is 5.12. The van der Waals surface area contributed by atoms with Crippen LogP contribution < -0.4 is 10.6 Å². The predicted octanol–water partition coefficient (Wildman–Crippen LogP) is 0.00900. The summed E-state index contributed by atoms with van der Waals surface area (Å²) >= 11 is 1.38. The van der Waals surface area contributed by atoms with Crippen LogP contribution in [0.2, 0.25) is 0 Å². The van der Waals surface area contributed by atoms with Gasteiger partial charge >= 0.3 is 0 Å². The molecule has 0 aliphatic carbocycles. The molecule has 1 aromatic heterocycles. The van der Waals surface area contributed by atoms with Crippen molar-refractivity contribution in [3.05, 3.63) is 16.6 Å². The normalized spacial score (nSPS) is 9.43. The summed E-state index contributed by atoms with van der Waals surface area (Å²) in [5, 5.41) is 6.90. The second-order valence-corrected chi connectivity index (χ2v) is 3.27. The number of nitrogens with zero attached hydrogens (tertiary/aromatic N) is 1. The van der Waals surface area contributed by atoms with Gasteiger partial charge in [-0.3, -0.25) is 9.59 Å². The highest BCUT2D eigenvalue weighted by atomic mass is 32.1. The highest BCUT2D eigenvalue weighted by Crippen LogP contribution is 1.99. The van der Waals surface area contributed by atoms with Gasteiger partial charge in [-0.25, -0.2) is 4.98 Å². The Hall–Kier alpha value is -1.43. The van der Waals surface area contributed by atoms with Crippen LogP contribution in [0.4, 0.5) is 0 Å². The van der Waals surface area contributed by atoms with Crippen molar-refractivity contribution in [2.24, 2.45) is 0 Å². The van der Waals surface area contributed by atoms with E-state index < -0.39 is 0 Å². The summed E-state index contributed by atoms with van der Waals surface area (Å²) in [6.45, 7) is 1.11. The van der Waals surface area contributed by atoms with Crippen molar-refractivity contribution in [1.82, 2.24) is 15.6 Å². The average molecular weight is 213 g/mol. The van der Waals surface area contributed by atoms with E-state index in [4.69, 9.17) is 0 Å². The summed E-state index contributed by atoms with van der Waals surface area (Å²) in [6.07, 6.45) is 1.36. The number of hydrogen-bond donors (Lipinski definition) is 2. The summed E-state index contributed by atoms with van der Waals surface area (Å²) < 4.78 is 0. The lowest BCUT2D eigenvalue weighted by Gasteiger charge is -2.01. The van der Waals surface area contributed by atoms with Crippen molar-refractivity contribution in [2.75, 3.05) is 13.1 Å². The molecular formula is C8H11N3O2S. The number of carbonyl (C=O) groups excluding carboxylic acids is 2. The molecule has 5 nitrogen and oxygen atoms in total. The molecular weight excluding hydrogens is 202 g/mol. The van der Waals surface area contributed by atoms with E-state index in [2.05, 4.69) is 15.6 Å². The number of hydrogen-bond acceptors (Lipinski definition) is 4. The van der Waals surface area contributed by atoms with Crippen LogP contribution >= 0.6 is 11.3 Å². The quantitative estimate of drug-likeness (QED) is 0.516. The van der Waals surface area contributed by atoms with Gasteiger partial charge in [-0.05, 0) is 6.42 Å². The van der Waals surface area contributed by atoms with E-state index >= 15 is 0 Å². The fourth-order valence-electron chi connectivity index (χ4n) is 0.867. The summed E-state index contributed by atoms with van der Waals surface area (Å²) in [7, 11) is 0. The molecule has 0 bridgehead atoms. The number of rotatable bonds is 6. The van der Waals surface area contributed by atoms with Gasteiger partial charge in [0.25, 0.3) is 5.91 Å². The average Bonchev–Trinajstić information content (AvgIpc) is 2.70. The van der Waals surface area contributed by atoms with Crippen molar-refractivity contribution in [3.8, 4) is 0 Å². The molecule has 1 heterocycles. The van der Waals surface area contributed by atoms with Crippen LogP contribution in [0.25, 0.3) is 0 Å². The fraction of sp³-hybridized carbons (Fsp3) is 0.375. The highest BCUT2D eigenvalue weighted by Gasteiger charge is 2.05. The largest absolute Gasteiger partial charge is 0.359 e. The standard InChI is InChI=1S/C8H11N3O2S/c12-5-9-2-1-3-10-8(13)7-4-14-6-11-7/h4-6H,1-3H2,(H,9,12)(H,10,13). The molecule has 0 aliphatic heterocycles. The Labute approximate surface area is 85.5 Å². The number of thiazole rings is 1. The third-order valence-electron chi connectivity index (χ3n) is 1.53. The lowest BCUT2D eigenvalue weighted by atomic mass is 10.4. The second kappa shape index (κ2) is 6.09. The third kappa shape index (κ3) is 3.53. The molecule has 1 aromatic rings. The van der Waals surface area contributed by atoms with Crippen LogP contribution in [-0.2, 0) is 4.79 Å². The molecule has 0 saturated heterocycles. The van der Waals surface area contributed by atoms with Crippen molar-refractivity contribution in [2.45, 2.75) is 6.42 Å². The van der Waals surface area contributed by atoms with Gasteiger partial charge < -0.3 is 10.6 Å². The first kappa shape index (κ1) is 10.6. The van der Waals surface area contributed by atoms with Crippen LogP contribution in [-0.4, -0.2) is 30.4 Å². The van der Waals surface area contributed by atoms with E-state index in [9.17, 15) is 9.59 Å². The fourth-order valence-corrected chi connectivity index (χ4v) is 1.40. The smallest absolute Gasteiger partial charge is 0.270 e. The molecule has 0 radical (unpaired) electrons. The maximum Gasteiger partial charge on any atom is 0.270 e. The minimum Gasteiger partial charge on any atom is -0.359 e. The predicted molar refractivity (Wildman–Crippen MR) is 53.1 cm³/mol. The van der Waals surface area contributed by atoms with Gasteiger partial charge in [-0.15, -0.1) is 11.3 Å². The van der Waals surface area contributed by atoms with Crippen LogP contribution in [0.15, 0.2) is 10.9 Å². The second-order valence-electron chi connectivity index (χ2n) is 2.56. The Morgan fingerprint density at radius 2 is 2.43 bits per heavy atom. The minimum absolute atomic E-state index is 0.169. The Bertz CT molecular complexity index is 287. The summed E-state index contributed by atoms with van der Waals surface area (Å²) in [6, 6.07) is 0. The molecule has 2 amide bonds. The van der Waals surface area contributed by atoms with Crippen molar-refractivity contribution in [1.29, 1.82) is 0 Å². The van der Waals surface area contributed by atoms with Crippen LogP contribution in [0.3, 0.4) is 0 Å². The maximum atomic E-state index is 11.3. The lowest BCUT2D eigenvalue weighted by molar-refractivity contribution is -0.109. The Morgan fingerprint density at radius 3 is 3.07 bits per heavy atom.